The normalized spacial score (nSPS) is 10.4. The molecule has 0 fully saturated rings. The molecule has 1 aromatic carbocycles. The highest BCUT2D eigenvalue weighted by Gasteiger charge is 2.01. The summed E-state index contributed by atoms with van der Waals surface area (Å²) >= 11 is 3.41. The van der Waals surface area contributed by atoms with Crippen LogP contribution in [0.4, 0.5) is 0 Å². The molecule has 0 aliphatic heterocycles. The van der Waals surface area contributed by atoms with E-state index in [0.29, 0.717) is 6.54 Å². The molecule has 0 saturated heterocycles. The van der Waals surface area contributed by atoms with Crippen LogP contribution in [0.3, 0.4) is 0 Å². The molecule has 16 heavy (non-hydrogen) atoms. The number of aromatic nitrogens is 2. The Kier molecular flexibility index (Phi) is 3.64. The van der Waals surface area contributed by atoms with E-state index in [0.717, 1.165) is 27.8 Å². The van der Waals surface area contributed by atoms with Gasteiger partial charge in [-0.2, -0.15) is 0 Å². The van der Waals surface area contributed by atoms with Gasteiger partial charge in [-0.3, -0.25) is 0 Å². The Morgan fingerprint density at radius 2 is 1.88 bits per heavy atom. The average molecular weight is 278 g/mol. The Balaban J connectivity index is 2.32. The number of rotatable bonds is 3. The van der Waals surface area contributed by atoms with E-state index in [1.165, 1.54) is 0 Å². The van der Waals surface area contributed by atoms with Gasteiger partial charge in [-0.05, 0) is 24.7 Å². The summed E-state index contributed by atoms with van der Waals surface area (Å²) in [6.45, 7) is 0.608. The first-order valence-electron chi connectivity index (χ1n) is 5.06. The molecule has 2 aromatic rings. The van der Waals surface area contributed by atoms with Crippen molar-refractivity contribution < 1.29 is 0 Å². The molecule has 1 aromatic heterocycles. The maximum Gasteiger partial charge on any atom is 0.116 e. The van der Waals surface area contributed by atoms with Crippen LogP contribution >= 0.6 is 15.9 Å². The maximum absolute atomic E-state index is 5.50. The molecule has 1 heterocycles. The Hall–Kier alpha value is -1.26. The van der Waals surface area contributed by atoms with Crippen molar-refractivity contribution in [1.82, 2.24) is 9.97 Å². The molecule has 2 rings (SSSR count). The van der Waals surface area contributed by atoms with Crippen molar-refractivity contribution >= 4 is 15.9 Å². The van der Waals surface area contributed by atoms with Gasteiger partial charge in [0.25, 0.3) is 0 Å². The molecule has 0 amide bonds. The second-order valence-electron chi connectivity index (χ2n) is 3.44. The summed E-state index contributed by atoms with van der Waals surface area (Å²) in [6.07, 6.45) is 2.37. The summed E-state index contributed by atoms with van der Waals surface area (Å²) < 4.78 is 1.06. The quantitative estimate of drug-likeness (QED) is 0.938. The third-order valence-corrected chi connectivity index (χ3v) is 2.79. The second-order valence-corrected chi connectivity index (χ2v) is 4.36. The van der Waals surface area contributed by atoms with Gasteiger partial charge in [0.05, 0.1) is 5.69 Å². The minimum absolute atomic E-state index is 0.608. The fourth-order valence-corrected chi connectivity index (χ4v) is 1.73. The first-order valence-corrected chi connectivity index (χ1v) is 5.86. The molecular weight excluding hydrogens is 266 g/mol. The van der Waals surface area contributed by atoms with Gasteiger partial charge >= 0.3 is 0 Å². The van der Waals surface area contributed by atoms with Gasteiger partial charge in [-0.1, -0.05) is 28.1 Å². The third kappa shape index (κ3) is 2.65. The number of halogens is 1. The molecule has 0 aliphatic carbocycles. The molecule has 0 saturated carbocycles. The van der Waals surface area contributed by atoms with Crippen molar-refractivity contribution in [3.05, 3.63) is 46.8 Å². The van der Waals surface area contributed by atoms with Gasteiger partial charge < -0.3 is 5.73 Å². The van der Waals surface area contributed by atoms with Crippen LogP contribution in [0.15, 0.2) is 41.1 Å². The number of hydrogen-bond acceptors (Lipinski definition) is 3. The van der Waals surface area contributed by atoms with E-state index in [2.05, 4.69) is 25.9 Å². The zero-order valence-corrected chi connectivity index (χ0v) is 10.3. The highest BCUT2D eigenvalue weighted by molar-refractivity contribution is 9.10. The average Bonchev–Trinajstić information content (AvgIpc) is 2.31. The van der Waals surface area contributed by atoms with Crippen LogP contribution in [0.25, 0.3) is 11.3 Å². The molecule has 0 bridgehead atoms. The van der Waals surface area contributed by atoms with Crippen LogP contribution in [0, 0.1) is 0 Å². The predicted octanol–water partition coefficient (Wildman–Crippen LogP) is 2.41. The first-order chi connectivity index (χ1) is 7.79. The van der Waals surface area contributed by atoms with Gasteiger partial charge in [-0.15, -0.1) is 0 Å². The minimum atomic E-state index is 0.608. The Bertz CT molecular complexity index is 468. The van der Waals surface area contributed by atoms with Gasteiger partial charge in [0.15, 0.2) is 0 Å². The molecule has 0 aliphatic rings. The van der Waals surface area contributed by atoms with Crippen molar-refractivity contribution in [2.75, 3.05) is 6.54 Å². The summed E-state index contributed by atoms with van der Waals surface area (Å²) in [7, 11) is 0. The largest absolute Gasteiger partial charge is 0.330 e. The maximum atomic E-state index is 5.50. The molecule has 2 N–H and O–H groups in total. The molecule has 3 nitrogen and oxygen atoms in total. The smallest absolute Gasteiger partial charge is 0.116 e. The van der Waals surface area contributed by atoms with Crippen LogP contribution < -0.4 is 5.73 Å². The van der Waals surface area contributed by atoms with Gasteiger partial charge in [0.2, 0.25) is 0 Å². The molecule has 4 heteroatoms. The van der Waals surface area contributed by atoms with Crippen LogP contribution in [-0.4, -0.2) is 16.5 Å². The molecule has 82 valence electrons. The molecular formula is C12H12BrN3. The zero-order chi connectivity index (χ0) is 11.4. The summed E-state index contributed by atoms with van der Waals surface area (Å²) in [5.41, 5.74) is 8.51. The summed E-state index contributed by atoms with van der Waals surface area (Å²) in [6, 6.07) is 10.0. The SMILES string of the molecule is NCCc1cc(-c2ccc(Br)cc2)ncn1. The van der Waals surface area contributed by atoms with Gasteiger partial charge in [0.1, 0.15) is 6.33 Å². The van der Waals surface area contributed by atoms with Crippen LogP contribution in [0.1, 0.15) is 5.69 Å². The Morgan fingerprint density at radius 3 is 2.56 bits per heavy atom. The monoisotopic (exact) mass is 277 g/mol. The van der Waals surface area contributed by atoms with Crippen LogP contribution in [-0.2, 0) is 6.42 Å². The lowest BCUT2D eigenvalue weighted by atomic mass is 10.1. The molecule has 0 unspecified atom stereocenters. The lowest BCUT2D eigenvalue weighted by Crippen LogP contribution is -2.04. The van der Waals surface area contributed by atoms with E-state index < -0.39 is 0 Å². The molecule has 0 spiro atoms. The fourth-order valence-electron chi connectivity index (χ4n) is 1.46. The van der Waals surface area contributed by atoms with E-state index in [1.54, 1.807) is 6.33 Å². The van der Waals surface area contributed by atoms with Crippen molar-refractivity contribution in [2.45, 2.75) is 6.42 Å². The number of hydrogen-bond donors (Lipinski definition) is 1. The highest BCUT2D eigenvalue weighted by atomic mass is 79.9. The third-order valence-electron chi connectivity index (χ3n) is 2.26. The summed E-state index contributed by atoms with van der Waals surface area (Å²) in [5.74, 6) is 0. The number of nitrogens with two attached hydrogens (primary N) is 1. The first kappa shape index (κ1) is 11.2. The van der Waals surface area contributed by atoms with Crippen molar-refractivity contribution in [1.29, 1.82) is 0 Å². The summed E-state index contributed by atoms with van der Waals surface area (Å²) in [5, 5.41) is 0. The van der Waals surface area contributed by atoms with Gasteiger partial charge in [-0.25, -0.2) is 9.97 Å². The highest BCUT2D eigenvalue weighted by Crippen LogP contribution is 2.19. The topological polar surface area (TPSA) is 51.8 Å². The minimum Gasteiger partial charge on any atom is -0.330 e. The zero-order valence-electron chi connectivity index (χ0n) is 8.73. The standard InChI is InChI=1S/C12H12BrN3/c13-10-3-1-9(2-4-10)12-7-11(5-6-14)15-8-16-12/h1-4,7-8H,5-6,14H2. The number of benzene rings is 1. The molecule has 0 radical (unpaired) electrons. The predicted molar refractivity (Wildman–Crippen MR) is 67.9 cm³/mol. The van der Waals surface area contributed by atoms with E-state index >= 15 is 0 Å². The van der Waals surface area contributed by atoms with Gasteiger partial charge in [0, 0.05) is 22.2 Å². The van der Waals surface area contributed by atoms with Crippen molar-refractivity contribution in [3.63, 3.8) is 0 Å². The summed E-state index contributed by atoms with van der Waals surface area (Å²) in [4.78, 5) is 8.43. The van der Waals surface area contributed by atoms with E-state index in [1.807, 2.05) is 30.3 Å². The number of nitrogens with zero attached hydrogens (tertiary/aromatic N) is 2. The lowest BCUT2D eigenvalue weighted by Gasteiger charge is -2.03. The Morgan fingerprint density at radius 1 is 1.12 bits per heavy atom. The fraction of sp³-hybridized carbons (Fsp3) is 0.167. The van der Waals surface area contributed by atoms with Crippen LogP contribution in [0.2, 0.25) is 0 Å². The molecule has 0 atom stereocenters. The van der Waals surface area contributed by atoms with E-state index in [9.17, 15) is 0 Å². The van der Waals surface area contributed by atoms with Crippen molar-refractivity contribution in [3.8, 4) is 11.3 Å². The second kappa shape index (κ2) is 5.18. The van der Waals surface area contributed by atoms with Crippen molar-refractivity contribution in [2.24, 2.45) is 5.73 Å². The Labute approximate surface area is 103 Å². The van der Waals surface area contributed by atoms with E-state index in [-0.39, 0.29) is 0 Å². The van der Waals surface area contributed by atoms with E-state index in [4.69, 9.17) is 5.73 Å². The lowest BCUT2D eigenvalue weighted by molar-refractivity contribution is 0.911. The van der Waals surface area contributed by atoms with Crippen LogP contribution in [0.5, 0.6) is 0 Å².